The van der Waals surface area contributed by atoms with Crippen molar-refractivity contribution in [3.63, 3.8) is 0 Å². The van der Waals surface area contributed by atoms with Gasteiger partial charge in [-0.3, -0.25) is 9.69 Å². The number of nitrogens with zero attached hydrogens (tertiary/aromatic N) is 3. The largest absolute Gasteiger partial charge is 0.337 e. The van der Waals surface area contributed by atoms with Gasteiger partial charge in [-0.25, -0.2) is 4.98 Å². The second-order valence-electron chi connectivity index (χ2n) is 5.63. The molecule has 2 aliphatic rings. The summed E-state index contributed by atoms with van der Waals surface area (Å²) in [7, 11) is 0. The van der Waals surface area contributed by atoms with Gasteiger partial charge in [0.2, 0.25) is 0 Å². The van der Waals surface area contributed by atoms with Crippen LogP contribution in [0.4, 0.5) is 0 Å². The molecule has 5 heteroatoms. The Labute approximate surface area is 124 Å². The first-order valence-electron chi connectivity index (χ1n) is 7.39. The molecule has 3 rings (SSSR count). The molecule has 20 heavy (non-hydrogen) atoms. The first kappa shape index (κ1) is 13.8. The number of pyridine rings is 1. The molecule has 1 aromatic rings. The number of halogens is 1. The topological polar surface area (TPSA) is 36.4 Å². The van der Waals surface area contributed by atoms with Gasteiger partial charge in [0.15, 0.2) is 0 Å². The summed E-state index contributed by atoms with van der Waals surface area (Å²) in [5, 5.41) is 0.306. The highest BCUT2D eigenvalue weighted by atomic mass is 35.5. The number of rotatable bonds is 2. The lowest BCUT2D eigenvalue weighted by Crippen LogP contribution is -2.49. The normalized spacial score (nSPS) is 24.1. The smallest absolute Gasteiger partial charge is 0.257 e. The summed E-state index contributed by atoms with van der Waals surface area (Å²) in [6.45, 7) is 4.01. The molecule has 1 atom stereocenters. The van der Waals surface area contributed by atoms with Crippen molar-refractivity contribution < 1.29 is 4.79 Å². The van der Waals surface area contributed by atoms with Crippen molar-refractivity contribution in [3.05, 3.63) is 29.0 Å². The third-order valence-corrected chi connectivity index (χ3v) is 4.63. The van der Waals surface area contributed by atoms with Gasteiger partial charge in [0.1, 0.15) is 5.15 Å². The zero-order chi connectivity index (χ0) is 13.9. The molecule has 0 aromatic carbocycles. The summed E-state index contributed by atoms with van der Waals surface area (Å²) >= 11 is 6.03. The van der Waals surface area contributed by atoms with E-state index in [-0.39, 0.29) is 5.91 Å². The molecule has 1 amide bonds. The monoisotopic (exact) mass is 293 g/mol. The van der Waals surface area contributed by atoms with Crippen LogP contribution in [0, 0.1) is 0 Å². The van der Waals surface area contributed by atoms with Crippen LogP contribution in [0.1, 0.15) is 36.0 Å². The Morgan fingerprint density at radius 2 is 2.05 bits per heavy atom. The minimum atomic E-state index is 0.0204. The minimum Gasteiger partial charge on any atom is -0.337 e. The lowest BCUT2D eigenvalue weighted by atomic mass is 10.0. The number of carbonyl (C=O) groups is 1. The van der Waals surface area contributed by atoms with E-state index in [2.05, 4.69) is 9.88 Å². The molecule has 2 saturated heterocycles. The van der Waals surface area contributed by atoms with E-state index in [4.69, 9.17) is 11.6 Å². The summed E-state index contributed by atoms with van der Waals surface area (Å²) in [5.41, 5.74) is 0.524. The van der Waals surface area contributed by atoms with Crippen molar-refractivity contribution in [1.29, 1.82) is 0 Å². The highest BCUT2D eigenvalue weighted by molar-refractivity contribution is 6.32. The van der Waals surface area contributed by atoms with E-state index in [0.29, 0.717) is 16.8 Å². The number of amides is 1. The predicted octanol–water partition coefficient (Wildman–Crippen LogP) is 2.44. The van der Waals surface area contributed by atoms with E-state index < -0.39 is 0 Å². The van der Waals surface area contributed by atoms with Crippen molar-refractivity contribution >= 4 is 17.5 Å². The van der Waals surface area contributed by atoms with Crippen LogP contribution in [0.2, 0.25) is 5.15 Å². The third-order valence-electron chi connectivity index (χ3n) is 4.33. The number of piperidine rings is 1. The second-order valence-corrected chi connectivity index (χ2v) is 5.99. The fourth-order valence-electron chi connectivity index (χ4n) is 3.26. The highest BCUT2D eigenvalue weighted by Crippen LogP contribution is 2.23. The Morgan fingerprint density at radius 1 is 1.25 bits per heavy atom. The lowest BCUT2D eigenvalue weighted by molar-refractivity contribution is 0.0607. The first-order valence-corrected chi connectivity index (χ1v) is 7.77. The van der Waals surface area contributed by atoms with Gasteiger partial charge in [-0.15, -0.1) is 0 Å². The van der Waals surface area contributed by atoms with Crippen molar-refractivity contribution in [1.82, 2.24) is 14.8 Å². The molecule has 4 nitrogen and oxygen atoms in total. The number of aromatic nitrogens is 1. The molecular weight excluding hydrogens is 274 g/mol. The van der Waals surface area contributed by atoms with Gasteiger partial charge in [0, 0.05) is 25.3 Å². The number of likely N-dealkylation sites (tertiary alicyclic amines) is 2. The molecular formula is C15H20ClN3O. The van der Waals surface area contributed by atoms with Gasteiger partial charge in [0.25, 0.3) is 5.91 Å². The van der Waals surface area contributed by atoms with Crippen LogP contribution >= 0.6 is 11.6 Å². The molecule has 108 valence electrons. The molecule has 3 heterocycles. The van der Waals surface area contributed by atoms with Crippen LogP contribution in [-0.4, -0.2) is 52.9 Å². The molecule has 0 radical (unpaired) electrons. The van der Waals surface area contributed by atoms with E-state index in [9.17, 15) is 4.79 Å². The van der Waals surface area contributed by atoms with Gasteiger partial charge in [-0.05, 0) is 50.9 Å². The quantitative estimate of drug-likeness (QED) is 0.786. The molecule has 0 spiro atoms. The highest BCUT2D eigenvalue weighted by Gasteiger charge is 2.30. The van der Waals surface area contributed by atoms with Crippen LogP contribution in [-0.2, 0) is 0 Å². The summed E-state index contributed by atoms with van der Waals surface area (Å²) in [5.74, 6) is 0.0204. The zero-order valence-corrected chi connectivity index (χ0v) is 12.4. The van der Waals surface area contributed by atoms with E-state index in [1.54, 1.807) is 18.3 Å². The first-order chi connectivity index (χ1) is 9.75. The molecule has 0 aliphatic carbocycles. The summed E-state index contributed by atoms with van der Waals surface area (Å²) in [6, 6.07) is 4.05. The maximum atomic E-state index is 12.6. The molecule has 1 unspecified atom stereocenters. The molecule has 0 N–H and O–H groups in total. The van der Waals surface area contributed by atoms with Gasteiger partial charge in [0.05, 0.1) is 5.56 Å². The van der Waals surface area contributed by atoms with Crippen LogP contribution < -0.4 is 0 Å². The second kappa shape index (κ2) is 6.10. The summed E-state index contributed by atoms with van der Waals surface area (Å²) in [6.07, 6.45) is 6.47. The lowest BCUT2D eigenvalue weighted by Gasteiger charge is -2.37. The molecule has 2 aliphatic heterocycles. The number of hydrogen-bond donors (Lipinski definition) is 0. The van der Waals surface area contributed by atoms with Crippen LogP contribution in [0.3, 0.4) is 0 Å². The van der Waals surface area contributed by atoms with E-state index in [1.165, 1.54) is 32.4 Å². The number of hydrogen-bond acceptors (Lipinski definition) is 3. The van der Waals surface area contributed by atoms with Gasteiger partial charge in [-0.2, -0.15) is 0 Å². The number of carbonyl (C=O) groups excluding carboxylic acids is 1. The van der Waals surface area contributed by atoms with Crippen LogP contribution in [0.15, 0.2) is 18.3 Å². The molecule has 2 fully saturated rings. The van der Waals surface area contributed by atoms with Gasteiger partial charge in [-0.1, -0.05) is 11.6 Å². The average molecular weight is 294 g/mol. The van der Waals surface area contributed by atoms with Gasteiger partial charge < -0.3 is 4.90 Å². The maximum Gasteiger partial charge on any atom is 0.257 e. The van der Waals surface area contributed by atoms with Crippen molar-refractivity contribution in [2.24, 2.45) is 0 Å². The Hall–Kier alpha value is -1.13. The zero-order valence-electron chi connectivity index (χ0n) is 11.6. The molecule has 1 aromatic heterocycles. The Bertz CT molecular complexity index is 488. The predicted molar refractivity (Wildman–Crippen MR) is 79.0 cm³/mol. The van der Waals surface area contributed by atoms with Crippen molar-refractivity contribution in [2.75, 3.05) is 26.2 Å². The fraction of sp³-hybridized carbons (Fsp3) is 0.600. The van der Waals surface area contributed by atoms with E-state index in [1.807, 2.05) is 4.90 Å². The van der Waals surface area contributed by atoms with E-state index >= 15 is 0 Å². The van der Waals surface area contributed by atoms with Crippen LogP contribution in [0.5, 0.6) is 0 Å². The van der Waals surface area contributed by atoms with Gasteiger partial charge >= 0.3 is 0 Å². The fourth-order valence-corrected chi connectivity index (χ4v) is 3.46. The molecule has 0 bridgehead atoms. The Morgan fingerprint density at radius 3 is 2.80 bits per heavy atom. The molecule has 0 saturated carbocycles. The van der Waals surface area contributed by atoms with Crippen molar-refractivity contribution in [3.8, 4) is 0 Å². The summed E-state index contributed by atoms with van der Waals surface area (Å²) < 4.78 is 0. The van der Waals surface area contributed by atoms with Crippen LogP contribution in [0.25, 0.3) is 0 Å². The Balaban J connectivity index is 1.70. The Kier molecular flexibility index (Phi) is 4.22. The minimum absolute atomic E-state index is 0.0204. The SMILES string of the molecule is O=C(c1cccnc1Cl)N1CCCC(N2CCCC2)C1. The average Bonchev–Trinajstić information content (AvgIpc) is 3.01. The summed E-state index contributed by atoms with van der Waals surface area (Å²) in [4.78, 5) is 21.0. The third kappa shape index (κ3) is 2.81. The van der Waals surface area contributed by atoms with Crippen molar-refractivity contribution in [2.45, 2.75) is 31.7 Å². The van der Waals surface area contributed by atoms with E-state index in [0.717, 1.165) is 19.5 Å². The standard InChI is InChI=1S/C15H20ClN3O/c16-14-13(6-3-7-17-14)15(20)19-10-4-5-12(11-19)18-8-1-2-9-18/h3,6-7,12H,1-2,4-5,8-11H2. The maximum absolute atomic E-state index is 12.6.